The van der Waals surface area contributed by atoms with Gasteiger partial charge in [0.15, 0.2) is 16.8 Å². The summed E-state index contributed by atoms with van der Waals surface area (Å²) in [5, 5.41) is 2.90. The summed E-state index contributed by atoms with van der Waals surface area (Å²) in [4.78, 5) is 6.45. The normalized spacial score (nSPS) is 17.8. The maximum Gasteiger partial charge on any atom is 0.168 e. The highest BCUT2D eigenvalue weighted by atomic mass is 79.9. The van der Waals surface area contributed by atoms with Crippen LogP contribution in [0.5, 0.6) is 0 Å². The first-order valence-corrected chi connectivity index (χ1v) is 6.28. The molecule has 0 amide bonds. The molecule has 0 aliphatic carbocycles. The Morgan fingerprint density at radius 2 is 2.06 bits per heavy atom. The van der Waals surface area contributed by atoms with Crippen LogP contribution in [0.2, 0.25) is 0 Å². The SMILES string of the molecule is Br.Fc1ccc(C2=CSC3=NCCCN23)cc1F. The van der Waals surface area contributed by atoms with Crippen molar-refractivity contribution in [3.05, 3.63) is 40.8 Å². The third-order valence-electron chi connectivity index (χ3n) is 2.80. The molecule has 1 aromatic carbocycles. The summed E-state index contributed by atoms with van der Waals surface area (Å²) >= 11 is 1.54. The lowest BCUT2D eigenvalue weighted by atomic mass is 10.1. The first kappa shape index (κ1) is 13.5. The molecule has 6 heteroatoms. The summed E-state index contributed by atoms with van der Waals surface area (Å²) in [6.07, 6.45) is 0.991. The molecule has 0 aromatic heterocycles. The molecule has 0 unspecified atom stereocenters. The summed E-state index contributed by atoms with van der Waals surface area (Å²) in [6, 6.07) is 4.00. The van der Waals surface area contributed by atoms with Crippen LogP contribution in [0.15, 0.2) is 28.6 Å². The first-order chi connectivity index (χ1) is 8.25. The van der Waals surface area contributed by atoms with E-state index < -0.39 is 11.6 Å². The Morgan fingerprint density at radius 3 is 2.83 bits per heavy atom. The number of nitrogens with zero attached hydrogens (tertiary/aromatic N) is 2. The average molecular weight is 333 g/mol. The third kappa shape index (κ3) is 2.31. The van der Waals surface area contributed by atoms with Gasteiger partial charge in [0.2, 0.25) is 0 Å². The van der Waals surface area contributed by atoms with Crippen LogP contribution in [-0.4, -0.2) is 23.2 Å². The van der Waals surface area contributed by atoms with Crippen LogP contribution in [0.25, 0.3) is 5.70 Å². The van der Waals surface area contributed by atoms with Crippen LogP contribution < -0.4 is 0 Å². The van der Waals surface area contributed by atoms with E-state index in [0.29, 0.717) is 5.56 Å². The van der Waals surface area contributed by atoms with Gasteiger partial charge in [0, 0.05) is 24.1 Å². The highest BCUT2D eigenvalue weighted by Crippen LogP contribution is 2.35. The molecule has 0 atom stereocenters. The van der Waals surface area contributed by atoms with Crippen LogP contribution in [0.4, 0.5) is 8.78 Å². The molecule has 0 bridgehead atoms. The second kappa shape index (κ2) is 5.40. The Hall–Kier alpha value is -0.880. The molecule has 96 valence electrons. The molecule has 2 aliphatic heterocycles. The van der Waals surface area contributed by atoms with E-state index in [9.17, 15) is 8.78 Å². The highest BCUT2D eigenvalue weighted by molar-refractivity contribution is 8.93. The highest BCUT2D eigenvalue weighted by Gasteiger charge is 2.26. The predicted octanol–water partition coefficient (Wildman–Crippen LogP) is 3.65. The van der Waals surface area contributed by atoms with Gasteiger partial charge in [0.25, 0.3) is 0 Å². The zero-order chi connectivity index (χ0) is 11.8. The second-order valence-electron chi connectivity index (χ2n) is 3.92. The summed E-state index contributed by atoms with van der Waals surface area (Å²) in [5.41, 5.74) is 1.61. The Labute approximate surface area is 119 Å². The number of hydrogen-bond acceptors (Lipinski definition) is 3. The fourth-order valence-corrected chi connectivity index (χ4v) is 2.92. The zero-order valence-corrected chi connectivity index (χ0v) is 11.9. The number of aliphatic imine (C=N–C) groups is 1. The van der Waals surface area contributed by atoms with Gasteiger partial charge >= 0.3 is 0 Å². The monoisotopic (exact) mass is 332 g/mol. The quantitative estimate of drug-likeness (QED) is 0.780. The van der Waals surface area contributed by atoms with E-state index in [2.05, 4.69) is 9.89 Å². The number of rotatable bonds is 1. The fourth-order valence-electron chi connectivity index (χ4n) is 1.96. The van der Waals surface area contributed by atoms with E-state index in [1.807, 2.05) is 5.41 Å². The molecule has 0 N–H and O–H groups in total. The summed E-state index contributed by atoms with van der Waals surface area (Å²) < 4.78 is 26.1. The molecule has 1 aromatic rings. The van der Waals surface area contributed by atoms with Gasteiger partial charge in [-0.05, 0) is 24.6 Å². The minimum absolute atomic E-state index is 0. The molecule has 0 saturated heterocycles. The Morgan fingerprint density at radius 1 is 1.22 bits per heavy atom. The van der Waals surface area contributed by atoms with Gasteiger partial charge in [-0.1, -0.05) is 11.8 Å². The molecule has 0 radical (unpaired) electrons. The van der Waals surface area contributed by atoms with Crippen LogP contribution in [0, 0.1) is 11.6 Å². The van der Waals surface area contributed by atoms with Crippen molar-refractivity contribution in [1.29, 1.82) is 0 Å². The smallest absolute Gasteiger partial charge is 0.168 e. The van der Waals surface area contributed by atoms with Crippen LogP contribution >= 0.6 is 28.7 Å². The third-order valence-corrected chi connectivity index (χ3v) is 3.70. The fraction of sp³-hybridized carbons (Fsp3) is 0.250. The van der Waals surface area contributed by atoms with Crippen molar-refractivity contribution < 1.29 is 8.78 Å². The lowest BCUT2D eigenvalue weighted by Gasteiger charge is -2.25. The Bertz CT molecular complexity index is 531. The van der Waals surface area contributed by atoms with E-state index in [1.165, 1.54) is 17.8 Å². The minimum Gasteiger partial charge on any atom is -0.320 e. The van der Waals surface area contributed by atoms with E-state index in [4.69, 9.17) is 0 Å². The molecular formula is C12H11BrF2N2S. The van der Waals surface area contributed by atoms with Gasteiger partial charge in [-0.25, -0.2) is 8.78 Å². The van der Waals surface area contributed by atoms with Crippen molar-refractivity contribution in [2.75, 3.05) is 13.1 Å². The van der Waals surface area contributed by atoms with Crippen molar-refractivity contribution in [1.82, 2.24) is 4.90 Å². The van der Waals surface area contributed by atoms with Crippen molar-refractivity contribution in [2.24, 2.45) is 4.99 Å². The summed E-state index contributed by atoms with van der Waals surface area (Å²) in [5.74, 6) is -1.62. The van der Waals surface area contributed by atoms with Crippen molar-refractivity contribution in [3.63, 3.8) is 0 Å². The van der Waals surface area contributed by atoms with Crippen LogP contribution in [0.3, 0.4) is 0 Å². The number of hydrogen-bond donors (Lipinski definition) is 0. The van der Waals surface area contributed by atoms with Gasteiger partial charge in [0.05, 0.1) is 5.70 Å². The van der Waals surface area contributed by atoms with Crippen LogP contribution in [0.1, 0.15) is 12.0 Å². The van der Waals surface area contributed by atoms with Crippen molar-refractivity contribution in [3.8, 4) is 0 Å². The molecule has 0 fully saturated rings. The Balaban J connectivity index is 0.00000120. The average Bonchev–Trinajstić information content (AvgIpc) is 2.76. The number of halogens is 3. The maximum absolute atomic E-state index is 13.2. The van der Waals surface area contributed by atoms with Gasteiger partial charge in [0.1, 0.15) is 0 Å². The lowest BCUT2D eigenvalue weighted by Crippen LogP contribution is -2.29. The molecule has 2 aliphatic rings. The topological polar surface area (TPSA) is 15.6 Å². The standard InChI is InChI=1S/C12H10F2N2S.BrH/c13-9-3-2-8(6-10(9)14)11-7-17-12-15-4-1-5-16(11)12;/h2-3,6-7H,1,4-5H2;1H. The van der Waals surface area contributed by atoms with E-state index in [-0.39, 0.29) is 17.0 Å². The summed E-state index contributed by atoms with van der Waals surface area (Å²) in [6.45, 7) is 1.73. The molecule has 18 heavy (non-hydrogen) atoms. The van der Waals surface area contributed by atoms with Crippen LogP contribution in [-0.2, 0) is 0 Å². The van der Waals surface area contributed by atoms with E-state index >= 15 is 0 Å². The molecular weight excluding hydrogens is 322 g/mol. The lowest BCUT2D eigenvalue weighted by molar-refractivity contribution is 0.506. The zero-order valence-electron chi connectivity index (χ0n) is 9.40. The molecule has 3 rings (SSSR count). The number of amidine groups is 1. The first-order valence-electron chi connectivity index (χ1n) is 5.40. The van der Waals surface area contributed by atoms with Gasteiger partial charge in [-0.3, -0.25) is 4.99 Å². The number of fused-ring (bicyclic) bond motifs is 1. The van der Waals surface area contributed by atoms with Crippen molar-refractivity contribution in [2.45, 2.75) is 6.42 Å². The summed E-state index contributed by atoms with van der Waals surface area (Å²) in [7, 11) is 0. The molecule has 2 heterocycles. The van der Waals surface area contributed by atoms with Crippen molar-refractivity contribution >= 4 is 39.6 Å². The molecule has 0 spiro atoms. The molecule has 2 nitrogen and oxygen atoms in total. The largest absolute Gasteiger partial charge is 0.320 e. The maximum atomic E-state index is 13.2. The van der Waals surface area contributed by atoms with E-state index in [0.717, 1.165) is 36.4 Å². The number of thioether (sulfide) groups is 1. The Kier molecular flexibility index (Phi) is 4.07. The van der Waals surface area contributed by atoms with Gasteiger partial charge in [-0.2, -0.15) is 0 Å². The second-order valence-corrected chi connectivity index (χ2v) is 4.76. The number of benzene rings is 1. The van der Waals surface area contributed by atoms with E-state index in [1.54, 1.807) is 6.07 Å². The van der Waals surface area contributed by atoms with Gasteiger partial charge < -0.3 is 4.90 Å². The predicted molar refractivity (Wildman–Crippen MR) is 75.9 cm³/mol. The molecule has 0 saturated carbocycles. The minimum atomic E-state index is -0.812. The van der Waals surface area contributed by atoms with Gasteiger partial charge in [-0.15, -0.1) is 17.0 Å².